The second-order valence-corrected chi connectivity index (χ2v) is 2.97. The van der Waals surface area contributed by atoms with Crippen LogP contribution in [0, 0.1) is 11.3 Å². The number of piperidine rings is 1. The average molecular weight is 126 g/mol. The van der Waals surface area contributed by atoms with Crippen molar-refractivity contribution in [3.05, 3.63) is 0 Å². The summed E-state index contributed by atoms with van der Waals surface area (Å²) in [7, 11) is 1.99. The zero-order valence-electron chi connectivity index (χ0n) is 6.15. The van der Waals surface area contributed by atoms with Crippen molar-refractivity contribution in [2.45, 2.75) is 19.8 Å². The summed E-state index contributed by atoms with van der Waals surface area (Å²) in [5, 5.41) is 7.45. The Labute approximate surface area is 56.4 Å². The van der Waals surface area contributed by atoms with Crippen molar-refractivity contribution in [2.75, 3.05) is 13.6 Å². The monoisotopic (exact) mass is 126 g/mol. The van der Waals surface area contributed by atoms with Gasteiger partial charge < -0.3 is 4.90 Å². The van der Waals surface area contributed by atoms with Crippen LogP contribution in [0.2, 0.25) is 0 Å². The smallest absolute Gasteiger partial charge is 0.0957 e. The van der Waals surface area contributed by atoms with Gasteiger partial charge in [-0.3, -0.25) is 5.41 Å². The second kappa shape index (κ2) is 2.38. The Morgan fingerprint density at radius 2 is 2.33 bits per heavy atom. The minimum Gasteiger partial charge on any atom is -0.364 e. The molecule has 0 amide bonds. The van der Waals surface area contributed by atoms with E-state index in [4.69, 9.17) is 5.41 Å². The molecule has 0 radical (unpaired) electrons. The molecule has 0 spiro atoms. The Morgan fingerprint density at radius 1 is 1.67 bits per heavy atom. The Morgan fingerprint density at radius 3 is 2.78 bits per heavy atom. The quantitative estimate of drug-likeness (QED) is 0.520. The van der Waals surface area contributed by atoms with E-state index in [1.807, 2.05) is 11.9 Å². The molecule has 0 saturated carbocycles. The second-order valence-electron chi connectivity index (χ2n) is 2.97. The van der Waals surface area contributed by atoms with Crippen LogP contribution in [0.25, 0.3) is 0 Å². The summed E-state index contributed by atoms with van der Waals surface area (Å²) in [5.41, 5.74) is 0. The SMILES string of the molecule is CC1CCN(C)C(=N)C1. The molecule has 1 unspecified atom stereocenters. The number of nitrogens with one attached hydrogen (secondary N) is 1. The summed E-state index contributed by atoms with van der Waals surface area (Å²) < 4.78 is 0. The first-order valence-electron chi connectivity index (χ1n) is 3.48. The molecule has 2 heteroatoms. The van der Waals surface area contributed by atoms with Crippen molar-refractivity contribution < 1.29 is 0 Å². The fraction of sp³-hybridized carbons (Fsp3) is 0.857. The molecule has 52 valence electrons. The van der Waals surface area contributed by atoms with Gasteiger partial charge in [0.05, 0.1) is 5.84 Å². The standard InChI is InChI=1S/C7H14N2/c1-6-3-4-9(2)7(8)5-6/h6,8H,3-5H2,1-2H3. The van der Waals surface area contributed by atoms with Crippen molar-refractivity contribution in [3.8, 4) is 0 Å². The first-order valence-corrected chi connectivity index (χ1v) is 3.48. The Kier molecular flexibility index (Phi) is 1.74. The first-order chi connectivity index (χ1) is 4.20. The predicted octanol–water partition coefficient (Wildman–Crippen LogP) is 1.33. The van der Waals surface area contributed by atoms with E-state index in [-0.39, 0.29) is 0 Å². The van der Waals surface area contributed by atoms with E-state index in [2.05, 4.69) is 6.92 Å². The van der Waals surface area contributed by atoms with Crippen molar-refractivity contribution >= 4 is 5.84 Å². The van der Waals surface area contributed by atoms with Gasteiger partial charge in [-0.1, -0.05) is 6.92 Å². The molecule has 9 heavy (non-hydrogen) atoms. The highest BCUT2D eigenvalue weighted by Gasteiger charge is 2.15. The first kappa shape index (κ1) is 6.59. The van der Waals surface area contributed by atoms with Gasteiger partial charge in [-0.25, -0.2) is 0 Å². The van der Waals surface area contributed by atoms with Gasteiger partial charge in [-0.05, 0) is 12.3 Å². The van der Waals surface area contributed by atoms with Crippen LogP contribution < -0.4 is 0 Å². The topological polar surface area (TPSA) is 27.1 Å². The molecular weight excluding hydrogens is 112 g/mol. The van der Waals surface area contributed by atoms with E-state index in [0.717, 1.165) is 24.7 Å². The Balaban J connectivity index is 2.44. The largest absolute Gasteiger partial charge is 0.364 e. The molecule has 1 atom stereocenters. The number of hydrogen-bond donors (Lipinski definition) is 1. The highest BCUT2D eigenvalue weighted by atomic mass is 15.1. The molecule has 1 aliphatic rings. The average Bonchev–Trinajstić information content (AvgIpc) is 1.80. The Hall–Kier alpha value is -0.530. The molecule has 0 bridgehead atoms. The molecule has 1 rings (SSSR count). The molecule has 1 fully saturated rings. The van der Waals surface area contributed by atoms with Gasteiger partial charge in [0.25, 0.3) is 0 Å². The van der Waals surface area contributed by atoms with Gasteiger partial charge in [-0.15, -0.1) is 0 Å². The van der Waals surface area contributed by atoms with E-state index in [1.165, 1.54) is 6.42 Å². The number of likely N-dealkylation sites (tertiary alicyclic amines) is 1. The lowest BCUT2D eigenvalue weighted by Gasteiger charge is -2.28. The van der Waals surface area contributed by atoms with Crippen LogP contribution in [-0.4, -0.2) is 24.3 Å². The lowest BCUT2D eigenvalue weighted by atomic mass is 9.99. The summed E-state index contributed by atoms with van der Waals surface area (Å²) in [5.74, 6) is 1.53. The number of rotatable bonds is 0. The normalized spacial score (nSPS) is 28.9. The molecule has 0 aromatic carbocycles. The summed E-state index contributed by atoms with van der Waals surface area (Å²) in [6.45, 7) is 3.28. The van der Waals surface area contributed by atoms with Crippen molar-refractivity contribution in [3.63, 3.8) is 0 Å². The number of hydrogen-bond acceptors (Lipinski definition) is 1. The fourth-order valence-electron chi connectivity index (χ4n) is 1.14. The van der Waals surface area contributed by atoms with Crippen LogP contribution in [0.3, 0.4) is 0 Å². The summed E-state index contributed by atoms with van der Waals surface area (Å²) >= 11 is 0. The summed E-state index contributed by atoms with van der Waals surface area (Å²) in [4.78, 5) is 2.03. The third-order valence-electron chi connectivity index (χ3n) is 1.96. The summed E-state index contributed by atoms with van der Waals surface area (Å²) in [6, 6.07) is 0. The van der Waals surface area contributed by atoms with Crippen LogP contribution in [0.5, 0.6) is 0 Å². The zero-order valence-corrected chi connectivity index (χ0v) is 6.15. The van der Waals surface area contributed by atoms with E-state index in [1.54, 1.807) is 0 Å². The van der Waals surface area contributed by atoms with E-state index >= 15 is 0 Å². The lowest BCUT2D eigenvalue weighted by Crippen LogP contribution is -2.34. The maximum atomic E-state index is 7.45. The molecule has 0 aromatic heterocycles. The van der Waals surface area contributed by atoms with Gasteiger partial charge in [0.15, 0.2) is 0 Å². The molecule has 2 nitrogen and oxygen atoms in total. The van der Waals surface area contributed by atoms with Crippen LogP contribution in [0.15, 0.2) is 0 Å². The van der Waals surface area contributed by atoms with Gasteiger partial charge in [0.2, 0.25) is 0 Å². The van der Waals surface area contributed by atoms with Crippen LogP contribution in [0.1, 0.15) is 19.8 Å². The number of nitrogens with zero attached hydrogens (tertiary/aromatic N) is 1. The maximum absolute atomic E-state index is 7.45. The van der Waals surface area contributed by atoms with Crippen molar-refractivity contribution in [1.82, 2.24) is 4.90 Å². The predicted molar refractivity (Wildman–Crippen MR) is 38.8 cm³/mol. The van der Waals surface area contributed by atoms with Crippen LogP contribution in [-0.2, 0) is 0 Å². The van der Waals surface area contributed by atoms with E-state index in [0.29, 0.717) is 0 Å². The third-order valence-corrected chi connectivity index (χ3v) is 1.96. The molecule has 1 aliphatic heterocycles. The summed E-state index contributed by atoms with van der Waals surface area (Å²) in [6.07, 6.45) is 2.22. The van der Waals surface area contributed by atoms with Crippen molar-refractivity contribution in [2.24, 2.45) is 5.92 Å². The lowest BCUT2D eigenvalue weighted by molar-refractivity contribution is 0.366. The number of amidine groups is 1. The highest BCUT2D eigenvalue weighted by Crippen LogP contribution is 2.15. The molecule has 1 N–H and O–H groups in total. The highest BCUT2D eigenvalue weighted by molar-refractivity contribution is 5.79. The van der Waals surface area contributed by atoms with E-state index in [9.17, 15) is 0 Å². The van der Waals surface area contributed by atoms with Gasteiger partial charge in [0, 0.05) is 20.0 Å². The Bertz CT molecular complexity index is 120. The molecule has 0 aromatic rings. The minimum atomic E-state index is 0.730. The van der Waals surface area contributed by atoms with Gasteiger partial charge >= 0.3 is 0 Å². The fourth-order valence-corrected chi connectivity index (χ4v) is 1.14. The molecule has 1 saturated heterocycles. The molecular formula is C7H14N2. The van der Waals surface area contributed by atoms with Crippen LogP contribution in [0.4, 0.5) is 0 Å². The minimum absolute atomic E-state index is 0.730. The maximum Gasteiger partial charge on any atom is 0.0957 e. The van der Waals surface area contributed by atoms with Crippen LogP contribution >= 0.6 is 0 Å². The third kappa shape index (κ3) is 1.44. The van der Waals surface area contributed by atoms with E-state index < -0.39 is 0 Å². The molecule has 0 aliphatic carbocycles. The zero-order chi connectivity index (χ0) is 6.85. The van der Waals surface area contributed by atoms with Gasteiger partial charge in [-0.2, -0.15) is 0 Å². The van der Waals surface area contributed by atoms with Gasteiger partial charge in [0.1, 0.15) is 0 Å². The van der Waals surface area contributed by atoms with Crippen molar-refractivity contribution in [1.29, 1.82) is 5.41 Å². The molecule has 1 heterocycles.